The number of nitrogens with one attached hydrogen (secondary N) is 1. The first-order valence-corrected chi connectivity index (χ1v) is 8.22. The molecule has 1 fully saturated rings. The number of pyridine rings is 1. The van der Waals surface area contributed by atoms with Crippen LogP contribution in [0.3, 0.4) is 0 Å². The number of aromatic nitrogens is 2. The average Bonchev–Trinajstić information content (AvgIpc) is 2.87. The van der Waals surface area contributed by atoms with E-state index in [0.29, 0.717) is 16.6 Å². The highest BCUT2D eigenvalue weighted by Crippen LogP contribution is 2.36. The number of rotatable bonds is 2. The minimum Gasteiger partial charge on any atom is -0.320 e. The summed E-state index contributed by atoms with van der Waals surface area (Å²) in [6.45, 7) is 1.43. The Hall–Kier alpha value is -1.69. The Labute approximate surface area is 142 Å². The highest BCUT2D eigenvalue weighted by Gasteiger charge is 2.30. The molecule has 5 nitrogen and oxygen atoms in total. The molecule has 2 aromatic heterocycles. The molecule has 4 rings (SSSR count). The van der Waals surface area contributed by atoms with Crippen LogP contribution in [-0.4, -0.2) is 28.7 Å². The highest BCUT2D eigenvalue weighted by atomic mass is 35.5. The topological polar surface area (TPSA) is 59.3 Å². The number of hydrogen-bond acceptors (Lipinski definition) is 4. The molecule has 1 aliphatic heterocycles. The Morgan fingerprint density at radius 3 is 2.87 bits per heavy atom. The van der Waals surface area contributed by atoms with Gasteiger partial charge in [-0.2, -0.15) is 4.91 Å². The summed E-state index contributed by atoms with van der Waals surface area (Å²) in [5.74, 6) is 0. The first-order chi connectivity index (χ1) is 11.2. The van der Waals surface area contributed by atoms with Gasteiger partial charge in [0.1, 0.15) is 11.7 Å². The van der Waals surface area contributed by atoms with Crippen molar-refractivity contribution in [3.05, 3.63) is 45.4 Å². The number of nitrogens with zero attached hydrogens (tertiary/aromatic N) is 3. The predicted octanol–water partition coefficient (Wildman–Crippen LogP) is 4.17. The second-order valence-electron chi connectivity index (χ2n) is 5.79. The third-order valence-electron chi connectivity index (χ3n) is 4.45. The maximum absolute atomic E-state index is 11.3. The number of nitroso groups, excluding NO2 is 1. The molecular formula is C16H14Cl2N4O. The quantitative estimate of drug-likeness (QED) is 0.707. The largest absolute Gasteiger partial charge is 0.320 e. The van der Waals surface area contributed by atoms with Crippen molar-refractivity contribution in [1.82, 2.24) is 14.9 Å². The summed E-state index contributed by atoms with van der Waals surface area (Å²) in [5, 5.41) is 9.71. The maximum atomic E-state index is 11.3. The molecule has 1 saturated heterocycles. The lowest BCUT2D eigenvalue weighted by Gasteiger charge is -2.29. The highest BCUT2D eigenvalue weighted by molar-refractivity contribution is 6.33. The summed E-state index contributed by atoms with van der Waals surface area (Å²) >= 11 is 12.3. The standard InChI is InChI=1S/C16H14Cl2N4O/c17-9-1-2-14-11(5-9)12-6-10(18)7-20-16(12)22(14)15-3-4-19-8-13(15)21-23/h1-2,5-7,13,15,19H,3-4,8H2. The van der Waals surface area contributed by atoms with Crippen molar-refractivity contribution in [3.63, 3.8) is 0 Å². The van der Waals surface area contributed by atoms with E-state index in [4.69, 9.17) is 23.2 Å². The predicted molar refractivity (Wildman–Crippen MR) is 93.4 cm³/mol. The Morgan fingerprint density at radius 2 is 2.04 bits per heavy atom. The van der Waals surface area contributed by atoms with E-state index in [0.717, 1.165) is 34.9 Å². The van der Waals surface area contributed by atoms with Gasteiger partial charge in [-0.05, 0) is 37.2 Å². The van der Waals surface area contributed by atoms with Crippen molar-refractivity contribution >= 4 is 45.1 Å². The van der Waals surface area contributed by atoms with E-state index in [1.807, 2.05) is 24.3 Å². The molecule has 7 heteroatoms. The van der Waals surface area contributed by atoms with Gasteiger partial charge in [-0.1, -0.05) is 28.4 Å². The molecule has 23 heavy (non-hydrogen) atoms. The van der Waals surface area contributed by atoms with Crippen LogP contribution in [0.5, 0.6) is 0 Å². The average molecular weight is 349 g/mol. The number of fused-ring (bicyclic) bond motifs is 3. The third kappa shape index (κ3) is 2.40. The Kier molecular flexibility index (Phi) is 3.71. The van der Waals surface area contributed by atoms with Crippen molar-refractivity contribution in [2.75, 3.05) is 13.1 Å². The fraction of sp³-hybridized carbons (Fsp3) is 0.312. The van der Waals surface area contributed by atoms with Crippen molar-refractivity contribution in [2.45, 2.75) is 18.5 Å². The van der Waals surface area contributed by atoms with Crippen LogP contribution in [0.4, 0.5) is 0 Å². The summed E-state index contributed by atoms with van der Waals surface area (Å²) < 4.78 is 2.12. The van der Waals surface area contributed by atoms with Crippen molar-refractivity contribution in [1.29, 1.82) is 0 Å². The van der Waals surface area contributed by atoms with Crippen LogP contribution in [0.15, 0.2) is 35.6 Å². The van der Waals surface area contributed by atoms with Gasteiger partial charge in [-0.3, -0.25) is 0 Å². The van der Waals surface area contributed by atoms with E-state index in [2.05, 4.69) is 20.0 Å². The fourth-order valence-corrected chi connectivity index (χ4v) is 3.77. The van der Waals surface area contributed by atoms with E-state index in [9.17, 15) is 4.91 Å². The number of halogens is 2. The van der Waals surface area contributed by atoms with Crippen LogP contribution in [-0.2, 0) is 0 Å². The van der Waals surface area contributed by atoms with Gasteiger partial charge in [0, 0.05) is 28.5 Å². The molecule has 0 aliphatic carbocycles. The SMILES string of the molecule is O=NC1CNCCC1n1c2ccc(Cl)cc2c2cc(Cl)cnc21. The van der Waals surface area contributed by atoms with Crippen LogP contribution in [0.25, 0.3) is 21.9 Å². The molecule has 0 bridgehead atoms. The molecular weight excluding hydrogens is 335 g/mol. The molecule has 1 aliphatic rings. The smallest absolute Gasteiger partial charge is 0.141 e. The number of benzene rings is 1. The lowest BCUT2D eigenvalue weighted by molar-refractivity contribution is 0.333. The first-order valence-electron chi connectivity index (χ1n) is 7.47. The van der Waals surface area contributed by atoms with Gasteiger partial charge in [0.2, 0.25) is 0 Å². The molecule has 0 saturated carbocycles. The molecule has 0 amide bonds. The third-order valence-corrected chi connectivity index (χ3v) is 4.89. The summed E-state index contributed by atoms with van der Waals surface area (Å²) in [5.41, 5.74) is 1.81. The van der Waals surface area contributed by atoms with Gasteiger partial charge in [0.25, 0.3) is 0 Å². The van der Waals surface area contributed by atoms with Gasteiger partial charge in [-0.15, -0.1) is 0 Å². The van der Waals surface area contributed by atoms with Gasteiger partial charge < -0.3 is 9.88 Å². The maximum Gasteiger partial charge on any atom is 0.141 e. The molecule has 3 aromatic rings. The lowest BCUT2D eigenvalue weighted by Crippen LogP contribution is -2.40. The minimum atomic E-state index is -0.323. The minimum absolute atomic E-state index is 0.0244. The molecule has 2 unspecified atom stereocenters. The van der Waals surface area contributed by atoms with Crippen LogP contribution in [0, 0.1) is 4.91 Å². The van der Waals surface area contributed by atoms with Gasteiger partial charge >= 0.3 is 0 Å². The molecule has 3 heterocycles. The van der Waals surface area contributed by atoms with Crippen LogP contribution in [0.2, 0.25) is 10.0 Å². The molecule has 0 radical (unpaired) electrons. The van der Waals surface area contributed by atoms with Crippen molar-refractivity contribution < 1.29 is 0 Å². The zero-order valence-corrected chi connectivity index (χ0v) is 13.7. The Bertz CT molecular complexity index is 849. The normalized spacial score (nSPS) is 21.8. The molecule has 1 aromatic carbocycles. The van der Waals surface area contributed by atoms with Crippen LogP contribution >= 0.6 is 23.2 Å². The molecule has 0 spiro atoms. The summed E-state index contributed by atoms with van der Waals surface area (Å²) in [6, 6.07) is 7.28. The summed E-state index contributed by atoms with van der Waals surface area (Å²) in [6.07, 6.45) is 2.45. The molecule has 1 N–H and O–H groups in total. The van der Waals surface area contributed by atoms with Gasteiger partial charge in [0.05, 0.1) is 16.6 Å². The van der Waals surface area contributed by atoms with Gasteiger partial charge in [0.15, 0.2) is 0 Å². The van der Waals surface area contributed by atoms with Crippen LogP contribution in [0.1, 0.15) is 12.5 Å². The van der Waals surface area contributed by atoms with Crippen molar-refractivity contribution in [2.24, 2.45) is 5.18 Å². The summed E-state index contributed by atoms with van der Waals surface area (Å²) in [4.78, 5) is 15.8. The number of piperidine rings is 1. The van der Waals surface area contributed by atoms with E-state index >= 15 is 0 Å². The first kappa shape index (κ1) is 14.9. The zero-order valence-electron chi connectivity index (χ0n) is 12.2. The van der Waals surface area contributed by atoms with E-state index in [1.54, 1.807) is 6.20 Å². The fourth-order valence-electron chi connectivity index (χ4n) is 3.44. The number of hydrogen-bond donors (Lipinski definition) is 1. The van der Waals surface area contributed by atoms with Gasteiger partial charge in [-0.25, -0.2) is 4.98 Å². The summed E-state index contributed by atoms with van der Waals surface area (Å²) in [7, 11) is 0. The Morgan fingerprint density at radius 1 is 1.22 bits per heavy atom. The Balaban J connectivity index is 2.05. The molecule has 118 valence electrons. The van der Waals surface area contributed by atoms with Crippen molar-refractivity contribution in [3.8, 4) is 0 Å². The zero-order chi connectivity index (χ0) is 16.0. The molecule has 2 atom stereocenters. The second kappa shape index (κ2) is 5.74. The van der Waals surface area contributed by atoms with Crippen LogP contribution < -0.4 is 5.32 Å². The van der Waals surface area contributed by atoms with E-state index in [-0.39, 0.29) is 12.1 Å². The second-order valence-corrected chi connectivity index (χ2v) is 6.66. The van der Waals surface area contributed by atoms with E-state index < -0.39 is 0 Å². The lowest BCUT2D eigenvalue weighted by atomic mass is 10.0. The van der Waals surface area contributed by atoms with E-state index in [1.165, 1.54) is 0 Å². The monoisotopic (exact) mass is 348 g/mol.